The van der Waals surface area contributed by atoms with E-state index in [4.69, 9.17) is 9.47 Å². The minimum Gasteiger partial charge on any atom is -0.442 e. The maximum atomic E-state index is 14.8. The minimum atomic E-state index is -0.588. The van der Waals surface area contributed by atoms with E-state index in [1.54, 1.807) is 29.0 Å². The smallest absolute Gasteiger partial charge is 0.414 e. The number of ether oxygens (including phenoxy) is 2. The predicted octanol–water partition coefficient (Wildman–Crippen LogP) is 0.582. The third-order valence-corrected chi connectivity index (χ3v) is 4.92. The van der Waals surface area contributed by atoms with Gasteiger partial charge >= 0.3 is 6.09 Å². The quantitative estimate of drug-likeness (QED) is 0.710. The highest BCUT2D eigenvalue weighted by molar-refractivity contribution is 5.90. The molecular formula is C19H25FN4O5. The molecule has 0 radical (unpaired) electrons. The molecule has 3 rings (SSSR count). The van der Waals surface area contributed by atoms with Gasteiger partial charge in [-0.1, -0.05) is 0 Å². The van der Waals surface area contributed by atoms with Crippen molar-refractivity contribution in [1.82, 2.24) is 10.2 Å². The van der Waals surface area contributed by atoms with Crippen LogP contribution in [0.25, 0.3) is 0 Å². The lowest BCUT2D eigenvalue weighted by Crippen LogP contribution is -2.51. The summed E-state index contributed by atoms with van der Waals surface area (Å²) in [7, 11) is 1.58. The monoisotopic (exact) mass is 408 g/mol. The number of methoxy groups -OCH3 is 1. The number of piperazine rings is 1. The summed E-state index contributed by atoms with van der Waals surface area (Å²) in [6.45, 7) is 3.87. The molecule has 1 aromatic rings. The Balaban J connectivity index is 1.64. The van der Waals surface area contributed by atoms with E-state index in [9.17, 15) is 18.8 Å². The van der Waals surface area contributed by atoms with Crippen LogP contribution in [0.1, 0.15) is 6.92 Å². The standard InChI is InChI=1S/C19H25FN4O5/c1-13(25)21-10-15-11-24(19(27)29-15)14-3-4-17(16(20)9-14)23-6-5-22(7-8-28-2)18(26)12-23/h3-4,9,15H,5-8,10-12H2,1-2H3,(H,21,25)/t15-/m0/s1. The Morgan fingerprint density at radius 3 is 2.79 bits per heavy atom. The molecule has 29 heavy (non-hydrogen) atoms. The highest BCUT2D eigenvalue weighted by Gasteiger charge is 2.33. The zero-order valence-corrected chi connectivity index (χ0v) is 16.5. The van der Waals surface area contributed by atoms with Gasteiger partial charge in [0.2, 0.25) is 11.8 Å². The van der Waals surface area contributed by atoms with E-state index in [0.29, 0.717) is 37.6 Å². The van der Waals surface area contributed by atoms with Crippen molar-refractivity contribution in [3.63, 3.8) is 0 Å². The lowest BCUT2D eigenvalue weighted by atomic mass is 10.2. The third-order valence-electron chi connectivity index (χ3n) is 4.92. The van der Waals surface area contributed by atoms with Crippen molar-refractivity contribution in [2.45, 2.75) is 13.0 Å². The van der Waals surface area contributed by atoms with Gasteiger partial charge in [-0.3, -0.25) is 14.5 Å². The lowest BCUT2D eigenvalue weighted by molar-refractivity contribution is -0.131. The summed E-state index contributed by atoms with van der Waals surface area (Å²) in [5.41, 5.74) is 0.683. The molecule has 0 bridgehead atoms. The fourth-order valence-electron chi connectivity index (χ4n) is 3.37. The summed E-state index contributed by atoms with van der Waals surface area (Å²) in [5, 5.41) is 2.60. The highest BCUT2D eigenvalue weighted by Crippen LogP contribution is 2.28. The second kappa shape index (κ2) is 9.08. The van der Waals surface area contributed by atoms with E-state index in [-0.39, 0.29) is 31.4 Å². The van der Waals surface area contributed by atoms with Crippen LogP contribution >= 0.6 is 0 Å². The number of halogens is 1. The largest absolute Gasteiger partial charge is 0.442 e. The summed E-state index contributed by atoms with van der Waals surface area (Å²) >= 11 is 0. The van der Waals surface area contributed by atoms with Gasteiger partial charge in [0.25, 0.3) is 0 Å². The number of anilines is 2. The van der Waals surface area contributed by atoms with Crippen LogP contribution in [0.5, 0.6) is 0 Å². The van der Waals surface area contributed by atoms with Crippen LogP contribution in [-0.2, 0) is 19.1 Å². The first kappa shape index (κ1) is 20.8. The number of nitrogens with zero attached hydrogens (tertiary/aromatic N) is 3. The topological polar surface area (TPSA) is 91.4 Å². The molecule has 9 nitrogen and oxygen atoms in total. The Hall–Kier alpha value is -2.88. The van der Waals surface area contributed by atoms with Crippen molar-refractivity contribution in [2.24, 2.45) is 0 Å². The second-order valence-corrected chi connectivity index (χ2v) is 6.98. The van der Waals surface area contributed by atoms with Crippen LogP contribution in [0.15, 0.2) is 18.2 Å². The number of cyclic esters (lactones) is 1. The maximum Gasteiger partial charge on any atom is 0.414 e. The Labute approximate surface area is 168 Å². The Bertz CT molecular complexity index is 790. The molecule has 3 amide bonds. The fraction of sp³-hybridized carbons (Fsp3) is 0.526. The molecule has 1 aromatic carbocycles. The molecule has 2 aliphatic rings. The molecule has 2 heterocycles. The van der Waals surface area contributed by atoms with Crippen molar-refractivity contribution in [2.75, 3.05) is 62.8 Å². The van der Waals surface area contributed by atoms with Crippen LogP contribution < -0.4 is 15.1 Å². The molecule has 2 saturated heterocycles. The van der Waals surface area contributed by atoms with Crippen molar-refractivity contribution in [1.29, 1.82) is 0 Å². The molecule has 0 aromatic heterocycles. The first-order chi connectivity index (χ1) is 13.9. The Kier molecular flexibility index (Phi) is 6.53. The van der Waals surface area contributed by atoms with Crippen LogP contribution in [0.3, 0.4) is 0 Å². The summed E-state index contributed by atoms with van der Waals surface area (Å²) < 4.78 is 25.0. The molecule has 2 aliphatic heterocycles. The first-order valence-electron chi connectivity index (χ1n) is 9.43. The molecule has 1 atom stereocenters. The lowest BCUT2D eigenvalue weighted by Gasteiger charge is -2.35. The van der Waals surface area contributed by atoms with Gasteiger partial charge in [-0.05, 0) is 18.2 Å². The number of hydrogen-bond donors (Lipinski definition) is 1. The number of carbonyl (C=O) groups excluding carboxylic acids is 3. The summed E-state index contributed by atoms with van der Waals surface area (Å²) in [4.78, 5) is 40.1. The summed E-state index contributed by atoms with van der Waals surface area (Å²) in [5.74, 6) is -0.814. The van der Waals surface area contributed by atoms with Crippen LogP contribution in [0, 0.1) is 5.82 Å². The zero-order valence-electron chi connectivity index (χ0n) is 16.5. The summed E-state index contributed by atoms with van der Waals surface area (Å²) in [6.07, 6.45) is -1.08. The fourth-order valence-corrected chi connectivity index (χ4v) is 3.37. The first-order valence-corrected chi connectivity index (χ1v) is 9.43. The van der Waals surface area contributed by atoms with E-state index >= 15 is 0 Å². The minimum absolute atomic E-state index is 0.0827. The van der Waals surface area contributed by atoms with Crippen molar-refractivity contribution in [3.8, 4) is 0 Å². The Morgan fingerprint density at radius 1 is 1.34 bits per heavy atom. The SMILES string of the molecule is COCCN1CCN(c2ccc(N3C[C@H](CNC(C)=O)OC3=O)cc2F)CC1=O. The number of benzene rings is 1. The third kappa shape index (κ3) is 4.94. The predicted molar refractivity (Wildman–Crippen MR) is 103 cm³/mol. The van der Waals surface area contributed by atoms with Gasteiger partial charge in [0.05, 0.1) is 37.6 Å². The average Bonchev–Trinajstić information content (AvgIpc) is 3.06. The van der Waals surface area contributed by atoms with Crippen LogP contribution in [0.4, 0.5) is 20.6 Å². The molecule has 0 saturated carbocycles. The van der Waals surface area contributed by atoms with Gasteiger partial charge in [-0.25, -0.2) is 9.18 Å². The Morgan fingerprint density at radius 2 is 2.14 bits per heavy atom. The molecule has 158 valence electrons. The molecule has 2 fully saturated rings. The number of nitrogens with one attached hydrogen (secondary N) is 1. The van der Waals surface area contributed by atoms with E-state index in [1.807, 2.05) is 0 Å². The number of carbonyl (C=O) groups is 3. The van der Waals surface area contributed by atoms with Gasteiger partial charge < -0.3 is 24.6 Å². The van der Waals surface area contributed by atoms with Gasteiger partial charge in [0, 0.05) is 33.7 Å². The maximum absolute atomic E-state index is 14.8. The van der Waals surface area contributed by atoms with Crippen molar-refractivity contribution < 1.29 is 28.2 Å². The summed E-state index contributed by atoms with van der Waals surface area (Å²) in [6, 6.07) is 4.46. The van der Waals surface area contributed by atoms with Gasteiger partial charge in [0.1, 0.15) is 11.9 Å². The normalized spacial score (nSPS) is 19.6. The van der Waals surface area contributed by atoms with Gasteiger partial charge in [0.15, 0.2) is 0 Å². The van der Waals surface area contributed by atoms with Crippen molar-refractivity contribution in [3.05, 3.63) is 24.0 Å². The molecule has 0 aliphatic carbocycles. The molecular weight excluding hydrogens is 383 g/mol. The van der Waals surface area contributed by atoms with E-state index in [2.05, 4.69) is 5.32 Å². The molecule has 1 N–H and O–H groups in total. The number of amides is 3. The molecule has 10 heteroatoms. The van der Waals surface area contributed by atoms with Crippen molar-refractivity contribution >= 4 is 29.3 Å². The van der Waals surface area contributed by atoms with Gasteiger partial charge in [-0.15, -0.1) is 0 Å². The number of rotatable bonds is 7. The number of hydrogen-bond acceptors (Lipinski definition) is 6. The van der Waals surface area contributed by atoms with E-state index in [1.165, 1.54) is 17.9 Å². The van der Waals surface area contributed by atoms with Crippen LogP contribution in [-0.4, -0.2) is 81.9 Å². The second-order valence-electron chi connectivity index (χ2n) is 6.98. The molecule has 0 unspecified atom stereocenters. The van der Waals surface area contributed by atoms with Gasteiger partial charge in [-0.2, -0.15) is 0 Å². The van der Waals surface area contributed by atoms with E-state index < -0.39 is 18.0 Å². The average molecular weight is 408 g/mol. The highest BCUT2D eigenvalue weighted by atomic mass is 19.1. The van der Waals surface area contributed by atoms with E-state index in [0.717, 1.165) is 0 Å². The van der Waals surface area contributed by atoms with Crippen LogP contribution in [0.2, 0.25) is 0 Å². The molecule has 0 spiro atoms. The zero-order chi connectivity index (χ0) is 21.0.